The van der Waals surface area contributed by atoms with E-state index in [1.165, 1.54) is 6.07 Å². The van der Waals surface area contributed by atoms with Gasteiger partial charge >= 0.3 is 0 Å². The van der Waals surface area contributed by atoms with Crippen LogP contribution in [-0.4, -0.2) is 41.2 Å². The van der Waals surface area contributed by atoms with Crippen LogP contribution < -0.4 is 20.3 Å². The molecule has 0 unspecified atom stereocenters. The van der Waals surface area contributed by atoms with Crippen molar-refractivity contribution in [2.45, 2.75) is 12.8 Å². The highest BCUT2D eigenvalue weighted by Gasteiger charge is 2.29. The molecule has 0 radical (unpaired) electrons. The van der Waals surface area contributed by atoms with Crippen LogP contribution in [-0.2, 0) is 11.8 Å². The van der Waals surface area contributed by atoms with Crippen LogP contribution in [0, 0.1) is 5.92 Å². The third kappa shape index (κ3) is 3.57. The minimum Gasteiger partial charge on any atom is -0.454 e. The van der Waals surface area contributed by atoms with Crippen molar-refractivity contribution in [3.05, 3.63) is 64.4 Å². The average molecular weight is 433 g/mol. The third-order valence-electron chi connectivity index (χ3n) is 6.18. The van der Waals surface area contributed by atoms with E-state index in [1.807, 2.05) is 24.3 Å². The normalized spacial score (nSPS) is 15.7. The van der Waals surface area contributed by atoms with Crippen molar-refractivity contribution in [3.8, 4) is 11.5 Å². The summed E-state index contributed by atoms with van der Waals surface area (Å²) in [6, 6.07) is 14.1. The zero-order chi connectivity index (χ0) is 22.2. The first-order valence-corrected chi connectivity index (χ1v) is 10.6. The molecule has 0 aliphatic carbocycles. The lowest BCUT2D eigenvalue weighted by Crippen LogP contribution is -2.42. The molecule has 0 bridgehead atoms. The summed E-state index contributed by atoms with van der Waals surface area (Å²) in [6.45, 7) is 1.10. The van der Waals surface area contributed by atoms with E-state index in [9.17, 15) is 14.4 Å². The van der Waals surface area contributed by atoms with Crippen LogP contribution in [0.15, 0.2) is 53.3 Å². The smallest absolute Gasteiger partial charge is 0.254 e. The van der Waals surface area contributed by atoms with Crippen LogP contribution in [0.3, 0.4) is 0 Å². The van der Waals surface area contributed by atoms with Gasteiger partial charge in [0.1, 0.15) is 0 Å². The lowest BCUT2D eigenvalue weighted by atomic mass is 9.95. The molecule has 2 aliphatic heterocycles. The van der Waals surface area contributed by atoms with Crippen molar-refractivity contribution in [3.63, 3.8) is 0 Å². The molecule has 164 valence electrons. The second-order valence-electron chi connectivity index (χ2n) is 8.10. The molecule has 8 heteroatoms. The number of nitrogens with zero attached hydrogens (tertiary/aromatic N) is 2. The maximum absolute atomic E-state index is 13.2. The zero-order valence-electron chi connectivity index (χ0n) is 17.7. The van der Waals surface area contributed by atoms with Gasteiger partial charge in [-0.15, -0.1) is 0 Å². The molecule has 3 aromatic rings. The third-order valence-corrected chi connectivity index (χ3v) is 6.18. The number of hydrogen-bond acceptors (Lipinski definition) is 5. The number of fused-ring (bicyclic) bond motifs is 2. The second kappa shape index (κ2) is 8.03. The number of aryl methyl sites for hydroxylation is 1. The quantitative estimate of drug-likeness (QED) is 0.686. The fraction of sp³-hybridized carbons (Fsp3) is 0.292. The van der Waals surface area contributed by atoms with Crippen LogP contribution >= 0.6 is 0 Å². The first kappa shape index (κ1) is 20.1. The van der Waals surface area contributed by atoms with Crippen molar-refractivity contribution >= 4 is 28.4 Å². The Bertz CT molecular complexity index is 1270. The molecule has 0 spiro atoms. The largest absolute Gasteiger partial charge is 0.454 e. The number of ether oxygens (including phenoxy) is 2. The van der Waals surface area contributed by atoms with E-state index in [1.54, 1.807) is 34.7 Å². The van der Waals surface area contributed by atoms with Gasteiger partial charge in [0.25, 0.3) is 11.5 Å². The highest BCUT2D eigenvalue weighted by Crippen LogP contribution is 2.34. The van der Waals surface area contributed by atoms with Crippen LogP contribution in [0.5, 0.6) is 11.5 Å². The summed E-state index contributed by atoms with van der Waals surface area (Å²) in [5.74, 6) is 0.843. The van der Waals surface area contributed by atoms with Crippen molar-refractivity contribution in [2.75, 3.05) is 25.2 Å². The fourth-order valence-corrected chi connectivity index (χ4v) is 4.32. The molecule has 5 rings (SSSR count). The number of rotatable bonds is 3. The van der Waals surface area contributed by atoms with E-state index in [4.69, 9.17) is 9.47 Å². The van der Waals surface area contributed by atoms with E-state index in [-0.39, 0.29) is 30.1 Å². The number of piperidine rings is 1. The van der Waals surface area contributed by atoms with Crippen LogP contribution in [0.2, 0.25) is 0 Å². The van der Waals surface area contributed by atoms with Gasteiger partial charge in [-0.1, -0.05) is 18.2 Å². The van der Waals surface area contributed by atoms with Gasteiger partial charge in [0.15, 0.2) is 11.5 Å². The number of amides is 2. The van der Waals surface area contributed by atoms with Crippen molar-refractivity contribution in [2.24, 2.45) is 13.0 Å². The SMILES string of the molecule is Cn1c(=O)cc(C(=O)N2CCC(C(=O)Nc3ccc4c(c3)OCO4)CC2)c2ccccc21. The number of pyridine rings is 1. The molecule has 1 N–H and O–H groups in total. The molecule has 2 aliphatic rings. The van der Waals surface area contributed by atoms with E-state index in [0.717, 1.165) is 10.9 Å². The molecule has 8 nitrogen and oxygen atoms in total. The standard InChI is InChI=1S/C24H23N3O5/c1-26-19-5-3-2-4-17(19)18(13-22(26)28)24(30)27-10-8-15(9-11-27)23(29)25-16-6-7-20-21(12-16)32-14-31-20/h2-7,12-13,15H,8-11,14H2,1H3,(H,25,29). The zero-order valence-corrected chi connectivity index (χ0v) is 17.7. The van der Waals surface area contributed by atoms with Crippen LogP contribution in [0.4, 0.5) is 5.69 Å². The van der Waals surface area contributed by atoms with E-state index < -0.39 is 0 Å². The first-order chi connectivity index (χ1) is 15.5. The number of anilines is 1. The lowest BCUT2D eigenvalue weighted by Gasteiger charge is -2.31. The van der Waals surface area contributed by atoms with Gasteiger partial charge in [-0.3, -0.25) is 14.4 Å². The molecule has 1 fully saturated rings. The number of benzene rings is 2. The molecule has 2 aromatic carbocycles. The number of hydrogen-bond donors (Lipinski definition) is 1. The molecule has 0 saturated carbocycles. The topological polar surface area (TPSA) is 89.9 Å². The summed E-state index contributed by atoms with van der Waals surface area (Å²) in [7, 11) is 1.70. The molecular weight excluding hydrogens is 410 g/mol. The van der Waals surface area contributed by atoms with Gasteiger partial charge in [0, 0.05) is 49.3 Å². The van der Waals surface area contributed by atoms with Crippen LogP contribution in [0.1, 0.15) is 23.2 Å². The van der Waals surface area contributed by atoms with Gasteiger partial charge < -0.3 is 24.3 Å². The number of para-hydroxylation sites is 1. The minimum absolute atomic E-state index is 0.0741. The van der Waals surface area contributed by atoms with E-state index in [0.29, 0.717) is 48.7 Å². The predicted molar refractivity (Wildman–Crippen MR) is 119 cm³/mol. The molecule has 32 heavy (non-hydrogen) atoms. The molecular formula is C24H23N3O5. The summed E-state index contributed by atoms with van der Waals surface area (Å²) in [4.78, 5) is 40.0. The Hall–Kier alpha value is -3.81. The second-order valence-corrected chi connectivity index (χ2v) is 8.10. The van der Waals surface area contributed by atoms with Gasteiger partial charge in [-0.05, 0) is 31.0 Å². The summed E-state index contributed by atoms with van der Waals surface area (Å²) in [5.41, 5.74) is 1.57. The van der Waals surface area contributed by atoms with Crippen LogP contribution in [0.25, 0.3) is 10.9 Å². The monoisotopic (exact) mass is 433 g/mol. The maximum Gasteiger partial charge on any atom is 0.254 e. The summed E-state index contributed by atoms with van der Waals surface area (Å²) >= 11 is 0. The number of likely N-dealkylation sites (tertiary alicyclic amines) is 1. The summed E-state index contributed by atoms with van der Waals surface area (Å²) in [6.07, 6.45) is 1.12. The highest BCUT2D eigenvalue weighted by atomic mass is 16.7. The predicted octanol–water partition coefficient (Wildman–Crippen LogP) is 2.76. The Morgan fingerprint density at radius 3 is 2.56 bits per heavy atom. The minimum atomic E-state index is -0.218. The molecule has 1 aromatic heterocycles. The average Bonchev–Trinajstić information content (AvgIpc) is 3.29. The van der Waals surface area contributed by atoms with Gasteiger partial charge in [-0.25, -0.2) is 0 Å². The Morgan fingerprint density at radius 2 is 1.75 bits per heavy atom. The van der Waals surface area contributed by atoms with E-state index >= 15 is 0 Å². The molecule has 0 atom stereocenters. The Labute approximate surface area is 184 Å². The van der Waals surface area contributed by atoms with Gasteiger partial charge in [0.05, 0.1) is 11.1 Å². The molecule has 2 amide bonds. The maximum atomic E-state index is 13.2. The summed E-state index contributed by atoms with van der Waals surface area (Å²) in [5, 5.41) is 3.69. The van der Waals surface area contributed by atoms with Crippen molar-refractivity contribution in [1.82, 2.24) is 9.47 Å². The lowest BCUT2D eigenvalue weighted by molar-refractivity contribution is -0.121. The molecule has 1 saturated heterocycles. The Balaban J connectivity index is 1.26. The number of aromatic nitrogens is 1. The van der Waals surface area contributed by atoms with Crippen molar-refractivity contribution in [1.29, 1.82) is 0 Å². The number of carbonyl (C=O) groups is 2. The molecule has 3 heterocycles. The fourth-order valence-electron chi connectivity index (χ4n) is 4.32. The Kier molecular flexibility index (Phi) is 5.05. The first-order valence-electron chi connectivity index (χ1n) is 10.6. The number of nitrogens with one attached hydrogen (secondary N) is 1. The van der Waals surface area contributed by atoms with E-state index in [2.05, 4.69) is 5.32 Å². The van der Waals surface area contributed by atoms with Gasteiger partial charge in [-0.2, -0.15) is 0 Å². The van der Waals surface area contributed by atoms with Gasteiger partial charge in [0.2, 0.25) is 12.7 Å². The number of carbonyl (C=O) groups excluding carboxylic acids is 2. The summed E-state index contributed by atoms with van der Waals surface area (Å²) < 4.78 is 12.2. The Morgan fingerprint density at radius 1 is 1.00 bits per heavy atom. The van der Waals surface area contributed by atoms with Crippen molar-refractivity contribution < 1.29 is 19.1 Å². The highest BCUT2D eigenvalue weighted by molar-refractivity contribution is 6.06.